The number of imide groups is 1. The van der Waals surface area contributed by atoms with E-state index in [0.717, 1.165) is 0 Å². The van der Waals surface area contributed by atoms with E-state index in [1.807, 2.05) is 0 Å². The molecule has 0 spiro atoms. The third-order valence-corrected chi connectivity index (χ3v) is 6.15. The SMILES string of the molecule is C[C@H](NC(=O)CCCC(=O)ON1C(=O)CCC1=O)C(=O)N[C@@H](C)C(=O)N[C@@H](CC(N)=O)C(=O)Nc1ccc(COC(N)=O)cc1. The Morgan fingerprint density at radius 2 is 1.40 bits per heavy atom. The number of hydrogen-bond acceptors (Lipinski definition) is 11. The number of nitrogens with zero attached hydrogens (tertiary/aromatic N) is 1. The van der Waals surface area contributed by atoms with E-state index in [-0.39, 0.29) is 38.7 Å². The van der Waals surface area contributed by atoms with E-state index in [4.69, 9.17) is 16.3 Å². The Bertz CT molecular complexity index is 1320. The molecule has 2 rings (SSSR count). The summed E-state index contributed by atoms with van der Waals surface area (Å²) >= 11 is 0. The number of hydrogen-bond donors (Lipinski definition) is 6. The largest absolute Gasteiger partial charge is 0.445 e. The predicted octanol–water partition coefficient (Wildman–Crippen LogP) is -1.63. The summed E-state index contributed by atoms with van der Waals surface area (Å²) in [7, 11) is 0. The lowest BCUT2D eigenvalue weighted by Gasteiger charge is -2.22. The first-order chi connectivity index (χ1) is 21.2. The summed E-state index contributed by atoms with van der Waals surface area (Å²) in [6, 6.07) is 2.39. The van der Waals surface area contributed by atoms with Crippen molar-refractivity contribution in [2.24, 2.45) is 11.5 Å². The van der Waals surface area contributed by atoms with Gasteiger partial charge in [0, 0.05) is 31.4 Å². The Kier molecular flexibility index (Phi) is 13.4. The minimum absolute atomic E-state index is 0.00516. The zero-order chi connectivity index (χ0) is 33.7. The van der Waals surface area contributed by atoms with Crippen LogP contribution >= 0.6 is 0 Å². The fraction of sp³-hybridized carbons (Fsp3) is 0.444. The van der Waals surface area contributed by atoms with Gasteiger partial charge in [0.05, 0.1) is 6.42 Å². The van der Waals surface area contributed by atoms with Gasteiger partial charge in [0.15, 0.2) is 0 Å². The van der Waals surface area contributed by atoms with Crippen molar-refractivity contribution in [3.05, 3.63) is 29.8 Å². The highest BCUT2D eigenvalue weighted by molar-refractivity contribution is 6.02. The van der Waals surface area contributed by atoms with E-state index in [1.54, 1.807) is 12.1 Å². The van der Waals surface area contributed by atoms with Gasteiger partial charge in [-0.15, -0.1) is 5.06 Å². The summed E-state index contributed by atoms with van der Waals surface area (Å²) in [5.74, 6) is -5.94. The number of carbonyl (C=O) groups excluding carboxylic acids is 9. The summed E-state index contributed by atoms with van der Waals surface area (Å²) < 4.78 is 4.67. The maximum atomic E-state index is 12.8. The predicted molar refractivity (Wildman–Crippen MR) is 151 cm³/mol. The third kappa shape index (κ3) is 12.3. The van der Waals surface area contributed by atoms with E-state index in [2.05, 4.69) is 26.0 Å². The monoisotopic (exact) mass is 633 g/mol. The number of amides is 8. The van der Waals surface area contributed by atoms with Crippen LogP contribution in [0.4, 0.5) is 10.5 Å². The first-order valence-electron chi connectivity index (χ1n) is 13.7. The smallest absolute Gasteiger partial charge is 0.404 e. The molecule has 0 bridgehead atoms. The molecule has 0 radical (unpaired) electrons. The number of primary amides is 2. The van der Waals surface area contributed by atoms with Gasteiger partial charge in [0.2, 0.25) is 29.5 Å². The van der Waals surface area contributed by atoms with E-state index >= 15 is 0 Å². The second kappa shape index (κ2) is 16.9. The van der Waals surface area contributed by atoms with Crippen LogP contribution in [0.2, 0.25) is 0 Å². The lowest BCUT2D eigenvalue weighted by molar-refractivity contribution is -0.197. The molecule has 1 aliphatic heterocycles. The van der Waals surface area contributed by atoms with E-state index < -0.39 is 78.0 Å². The van der Waals surface area contributed by atoms with Crippen LogP contribution in [0.15, 0.2) is 24.3 Å². The molecule has 1 aliphatic rings. The van der Waals surface area contributed by atoms with Crippen molar-refractivity contribution in [2.75, 3.05) is 5.32 Å². The molecule has 1 aromatic carbocycles. The normalized spacial score (nSPS) is 14.4. The third-order valence-electron chi connectivity index (χ3n) is 6.15. The Morgan fingerprint density at radius 1 is 0.822 bits per heavy atom. The van der Waals surface area contributed by atoms with Gasteiger partial charge in [-0.05, 0) is 38.0 Å². The number of benzene rings is 1. The molecule has 0 aliphatic carbocycles. The number of nitrogens with one attached hydrogen (secondary N) is 4. The van der Waals surface area contributed by atoms with Gasteiger partial charge in [-0.1, -0.05) is 12.1 Å². The summed E-state index contributed by atoms with van der Waals surface area (Å²) in [6.07, 6.45) is -2.04. The topological polar surface area (TPSA) is 275 Å². The highest BCUT2D eigenvalue weighted by Gasteiger charge is 2.33. The molecule has 8 amide bonds. The molecule has 0 aromatic heterocycles. The maximum Gasteiger partial charge on any atom is 0.404 e. The molecular weight excluding hydrogens is 598 g/mol. The first-order valence-corrected chi connectivity index (χ1v) is 13.7. The zero-order valence-electron chi connectivity index (χ0n) is 24.6. The molecule has 244 valence electrons. The van der Waals surface area contributed by atoms with Crippen molar-refractivity contribution in [3.8, 4) is 0 Å². The average molecular weight is 634 g/mol. The number of hydroxylamine groups is 2. The van der Waals surface area contributed by atoms with E-state index in [9.17, 15) is 43.2 Å². The molecule has 0 saturated carbocycles. The standard InChI is InChI=1S/C27H35N7O11/c1-14(30-20(36)4-3-5-23(39)45-34-21(37)10-11-22(34)38)24(40)31-15(2)25(41)33-18(12-19(28)35)26(42)32-17-8-6-16(7-9-17)13-44-27(29)43/h6-9,14-15,18H,3-5,10-13H2,1-2H3,(H2,28,35)(H2,29,43)(H,30,36)(H,31,40)(H,32,42)(H,33,41)/t14-,15-,18-/m0/s1. The van der Waals surface area contributed by atoms with Crippen molar-refractivity contribution in [1.82, 2.24) is 21.0 Å². The number of rotatable bonds is 16. The number of nitrogens with two attached hydrogens (primary N) is 2. The molecule has 18 heteroatoms. The molecule has 1 fully saturated rings. The Labute approximate surface area is 256 Å². The Hall–Kier alpha value is -5.55. The summed E-state index contributed by atoms with van der Waals surface area (Å²) in [5, 5.41) is 10.1. The van der Waals surface area contributed by atoms with Crippen molar-refractivity contribution >= 4 is 59.1 Å². The van der Waals surface area contributed by atoms with Gasteiger partial charge < -0.3 is 42.3 Å². The highest BCUT2D eigenvalue weighted by atomic mass is 16.7. The van der Waals surface area contributed by atoms with Gasteiger partial charge in [-0.2, -0.15) is 0 Å². The molecule has 18 nitrogen and oxygen atoms in total. The molecule has 0 unspecified atom stereocenters. The number of ether oxygens (including phenoxy) is 1. The quantitative estimate of drug-likeness (QED) is 0.112. The van der Waals surface area contributed by atoms with Crippen LogP contribution in [-0.2, 0) is 54.5 Å². The lowest BCUT2D eigenvalue weighted by atomic mass is 10.1. The Morgan fingerprint density at radius 3 is 1.98 bits per heavy atom. The fourth-order valence-corrected chi connectivity index (χ4v) is 3.76. The summed E-state index contributed by atoms with van der Waals surface area (Å²) in [5.41, 5.74) is 11.0. The molecule has 45 heavy (non-hydrogen) atoms. The van der Waals surface area contributed by atoms with E-state index in [1.165, 1.54) is 26.0 Å². The molecule has 1 aromatic rings. The molecule has 8 N–H and O–H groups in total. The highest BCUT2D eigenvalue weighted by Crippen LogP contribution is 2.14. The first kappa shape index (κ1) is 35.6. The minimum atomic E-state index is -1.39. The van der Waals surface area contributed by atoms with Gasteiger partial charge in [0.25, 0.3) is 11.8 Å². The number of anilines is 1. The van der Waals surface area contributed by atoms with Gasteiger partial charge in [0.1, 0.15) is 24.7 Å². The second-order valence-electron chi connectivity index (χ2n) is 9.94. The second-order valence-corrected chi connectivity index (χ2v) is 9.94. The van der Waals surface area contributed by atoms with E-state index in [0.29, 0.717) is 16.3 Å². The molecule has 3 atom stereocenters. The maximum absolute atomic E-state index is 12.8. The van der Waals surface area contributed by atoms with Crippen LogP contribution < -0.4 is 32.7 Å². The van der Waals surface area contributed by atoms with Crippen LogP contribution in [0, 0.1) is 0 Å². The average Bonchev–Trinajstić information content (AvgIpc) is 3.27. The number of carbonyl (C=O) groups is 9. The summed E-state index contributed by atoms with van der Waals surface area (Å²) in [4.78, 5) is 112. The van der Waals surface area contributed by atoms with Crippen LogP contribution in [-0.4, -0.2) is 76.6 Å². The molecule has 1 saturated heterocycles. The van der Waals surface area contributed by atoms with Crippen molar-refractivity contribution in [1.29, 1.82) is 0 Å². The van der Waals surface area contributed by atoms with Crippen LogP contribution in [0.5, 0.6) is 0 Å². The van der Waals surface area contributed by atoms with Gasteiger partial charge >= 0.3 is 12.1 Å². The van der Waals surface area contributed by atoms with Crippen molar-refractivity contribution in [3.63, 3.8) is 0 Å². The molecule has 1 heterocycles. The summed E-state index contributed by atoms with van der Waals surface area (Å²) in [6.45, 7) is 2.58. The van der Waals surface area contributed by atoms with Crippen LogP contribution in [0.3, 0.4) is 0 Å². The Balaban J connectivity index is 1.81. The van der Waals surface area contributed by atoms with Crippen molar-refractivity contribution in [2.45, 2.75) is 77.1 Å². The van der Waals surface area contributed by atoms with Gasteiger partial charge in [-0.3, -0.25) is 33.6 Å². The van der Waals surface area contributed by atoms with Crippen LogP contribution in [0.25, 0.3) is 0 Å². The van der Waals surface area contributed by atoms with Crippen molar-refractivity contribution < 1.29 is 52.7 Å². The minimum Gasteiger partial charge on any atom is -0.445 e. The zero-order valence-corrected chi connectivity index (χ0v) is 24.6. The van der Waals surface area contributed by atoms with Gasteiger partial charge in [-0.25, -0.2) is 9.59 Å². The lowest BCUT2D eigenvalue weighted by Crippen LogP contribution is -2.55. The van der Waals surface area contributed by atoms with Crippen LogP contribution in [0.1, 0.15) is 57.9 Å². The molecular formula is C27H35N7O11. The fourth-order valence-electron chi connectivity index (χ4n) is 3.76.